The summed E-state index contributed by atoms with van der Waals surface area (Å²) in [6.45, 7) is 0.433. The minimum absolute atomic E-state index is 0.0889. The van der Waals surface area contributed by atoms with Crippen LogP contribution in [0.15, 0.2) is 47.1 Å². The van der Waals surface area contributed by atoms with Gasteiger partial charge in [-0.05, 0) is 12.1 Å². The molecule has 0 saturated carbocycles. The third-order valence-electron chi connectivity index (χ3n) is 5.35. The smallest absolute Gasteiger partial charge is 0.262 e. The second kappa shape index (κ2) is 7.94. The maximum absolute atomic E-state index is 12.3. The molecule has 0 bridgehead atoms. The fourth-order valence-corrected chi connectivity index (χ4v) is 3.78. The SMILES string of the molecule is CN1CCC(O)(c2cc(-c3cccc(-c4cc(Cl)nc(Nc5ccn(C)n5)n4)n3)no2)C1=O. The van der Waals surface area contributed by atoms with Gasteiger partial charge in [0.05, 0.1) is 17.1 Å². The molecule has 4 aromatic heterocycles. The number of amides is 1. The molecule has 0 aliphatic carbocycles. The first-order chi connectivity index (χ1) is 15.8. The van der Waals surface area contributed by atoms with Crippen LogP contribution in [-0.4, -0.2) is 59.4 Å². The van der Waals surface area contributed by atoms with Crippen molar-refractivity contribution in [3.05, 3.63) is 53.5 Å². The number of likely N-dealkylation sites (tertiary alicyclic amines) is 1. The Kier molecular flexibility index (Phi) is 5.06. The van der Waals surface area contributed by atoms with Gasteiger partial charge >= 0.3 is 0 Å². The number of carbonyl (C=O) groups is 1. The monoisotopic (exact) mass is 466 g/mol. The van der Waals surface area contributed by atoms with Crippen LogP contribution in [0.1, 0.15) is 12.2 Å². The summed E-state index contributed by atoms with van der Waals surface area (Å²) in [5.41, 5.74) is 0.170. The number of aromatic nitrogens is 6. The van der Waals surface area contributed by atoms with Gasteiger partial charge in [-0.1, -0.05) is 22.8 Å². The lowest BCUT2D eigenvalue weighted by atomic mass is 9.98. The van der Waals surface area contributed by atoms with Gasteiger partial charge in [-0.15, -0.1) is 0 Å². The number of anilines is 2. The summed E-state index contributed by atoms with van der Waals surface area (Å²) in [6, 6.07) is 10.2. The second-order valence-electron chi connectivity index (χ2n) is 7.72. The Morgan fingerprint density at radius 3 is 2.58 bits per heavy atom. The van der Waals surface area contributed by atoms with Gasteiger partial charge in [-0.3, -0.25) is 9.48 Å². The summed E-state index contributed by atoms with van der Waals surface area (Å²) in [7, 11) is 3.44. The van der Waals surface area contributed by atoms with E-state index in [2.05, 4.69) is 30.5 Å². The van der Waals surface area contributed by atoms with Crippen molar-refractivity contribution in [1.82, 2.24) is 34.8 Å². The van der Waals surface area contributed by atoms with Gasteiger partial charge in [0.25, 0.3) is 5.91 Å². The van der Waals surface area contributed by atoms with Crippen LogP contribution in [-0.2, 0) is 17.4 Å². The van der Waals surface area contributed by atoms with E-state index in [1.807, 2.05) is 0 Å². The van der Waals surface area contributed by atoms with Gasteiger partial charge in [0, 0.05) is 51.5 Å². The van der Waals surface area contributed by atoms with E-state index in [0.29, 0.717) is 35.1 Å². The van der Waals surface area contributed by atoms with Gasteiger partial charge in [0.15, 0.2) is 11.6 Å². The molecule has 1 aliphatic rings. The Morgan fingerprint density at radius 1 is 1.09 bits per heavy atom. The highest BCUT2D eigenvalue weighted by atomic mass is 35.5. The second-order valence-corrected chi connectivity index (χ2v) is 8.11. The molecule has 1 fully saturated rings. The lowest BCUT2D eigenvalue weighted by Gasteiger charge is -2.16. The van der Waals surface area contributed by atoms with E-state index in [0.717, 1.165) is 0 Å². The van der Waals surface area contributed by atoms with Crippen molar-refractivity contribution in [1.29, 1.82) is 0 Å². The highest BCUT2D eigenvalue weighted by Gasteiger charge is 2.48. The Bertz CT molecular complexity index is 1350. The zero-order valence-corrected chi connectivity index (χ0v) is 18.5. The largest absolute Gasteiger partial charge is 0.373 e. The molecule has 1 amide bonds. The van der Waals surface area contributed by atoms with E-state index in [4.69, 9.17) is 16.1 Å². The molecule has 4 aromatic rings. The first-order valence-electron chi connectivity index (χ1n) is 10.1. The van der Waals surface area contributed by atoms with Gasteiger partial charge in [0.1, 0.15) is 10.8 Å². The van der Waals surface area contributed by atoms with E-state index in [-0.39, 0.29) is 23.3 Å². The summed E-state index contributed by atoms with van der Waals surface area (Å²) < 4.78 is 6.98. The fraction of sp³-hybridized carbons (Fsp3) is 0.238. The number of hydrogen-bond acceptors (Lipinski definition) is 9. The number of aliphatic hydroxyl groups is 1. The number of nitrogens with one attached hydrogen (secondary N) is 1. The van der Waals surface area contributed by atoms with Crippen molar-refractivity contribution in [2.75, 3.05) is 18.9 Å². The number of aryl methyl sites for hydroxylation is 1. The van der Waals surface area contributed by atoms with Crippen molar-refractivity contribution in [3.63, 3.8) is 0 Å². The maximum atomic E-state index is 12.3. The molecule has 0 aromatic carbocycles. The normalized spacial score (nSPS) is 18.2. The van der Waals surface area contributed by atoms with Gasteiger partial charge < -0.3 is 19.8 Å². The van der Waals surface area contributed by atoms with Crippen LogP contribution in [0.25, 0.3) is 22.8 Å². The highest BCUT2D eigenvalue weighted by Crippen LogP contribution is 2.34. The van der Waals surface area contributed by atoms with Gasteiger partial charge in [-0.25, -0.2) is 15.0 Å². The summed E-state index contributed by atoms with van der Waals surface area (Å²) in [5.74, 6) is 0.521. The minimum Gasteiger partial charge on any atom is -0.373 e. The minimum atomic E-state index is -1.72. The van der Waals surface area contributed by atoms with E-state index in [1.54, 1.807) is 55.3 Å². The number of rotatable bonds is 5. The quantitative estimate of drug-likeness (QED) is 0.425. The molecule has 168 valence electrons. The van der Waals surface area contributed by atoms with Crippen molar-refractivity contribution in [2.24, 2.45) is 7.05 Å². The Balaban J connectivity index is 1.45. The van der Waals surface area contributed by atoms with Crippen LogP contribution in [0, 0.1) is 0 Å². The van der Waals surface area contributed by atoms with E-state index < -0.39 is 11.5 Å². The summed E-state index contributed by atoms with van der Waals surface area (Å²) >= 11 is 6.21. The molecule has 33 heavy (non-hydrogen) atoms. The van der Waals surface area contributed by atoms with Gasteiger partial charge in [0.2, 0.25) is 11.5 Å². The number of nitrogens with zero attached hydrogens (tertiary/aromatic N) is 7. The van der Waals surface area contributed by atoms with E-state index in [1.165, 1.54) is 11.0 Å². The molecule has 1 saturated heterocycles. The molecule has 2 N–H and O–H groups in total. The van der Waals surface area contributed by atoms with Crippen LogP contribution in [0.2, 0.25) is 5.15 Å². The van der Waals surface area contributed by atoms with Crippen LogP contribution >= 0.6 is 11.6 Å². The molecule has 1 aliphatic heterocycles. The zero-order chi connectivity index (χ0) is 23.2. The van der Waals surface area contributed by atoms with Crippen molar-refractivity contribution in [2.45, 2.75) is 12.0 Å². The van der Waals surface area contributed by atoms with Crippen LogP contribution in [0.4, 0.5) is 11.8 Å². The summed E-state index contributed by atoms with van der Waals surface area (Å²) in [6.07, 6.45) is 2.02. The molecule has 0 radical (unpaired) electrons. The molecule has 1 atom stereocenters. The lowest BCUT2D eigenvalue weighted by Crippen LogP contribution is -2.35. The molecule has 11 nitrogen and oxygen atoms in total. The van der Waals surface area contributed by atoms with Gasteiger partial charge in [-0.2, -0.15) is 5.10 Å². The first-order valence-corrected chi connectivity index (χ1v) is 10.4. The fourth-order valence-electron chi connectivity index (χ4n) is 3.59. The number of pyridine rings is 1. The number of halogens is 1. The molecular weight excluding hydrogens is 448 g/mol. The average molecular weight is 467 g/mol. The lowest BCUT2D eigenvalue weighted by molar-refractivity contribution is -0.144. The molecule has 1 unspecified atom stereocenters. The van der Waals surface area contributed by atoms with Crippen molar-refractivity contribution < 1.29 is 14.4 Å². The molecule has 0 spiro atoms. The third kappa shape index (κ3) is 3.92. The topological polar surface area (TPSA) is 135 Å². The zero-order valence-electron chi connectivity index (χ0n) is 17.7. The predicted octanol–water partition coefficient (Wildman–Crippen LogP) is 2.37. The Morgan fingerprint density at radius 2 is 1.88 bits per heavy atom. The molecule has 5 heterocycles. The average Bonchev–Trinajstić information content (AvgIpc) is 3.51. The van der Waals surface area contributed by atoms with E-state index >= 15 is 0 Å². The maximum Gasteiger partial charge on any atom is 0.262 e. The third-order valence-corrected chi connectivity index (χ3v) is 5.54. The standard InChI is InChI=1S/C21H19ClN8O3/c1-29-9-7-21(32,19(29)31)16-10-15(28-33-16)13-5-3-4-12(23-13)14-11-17(22)25-20(24-14)26-18-6-8-30(2)27-18/h3-6,8,10-11,32H,7,9H2,1-2H3,(H,24,25,26,27). The molecular formula is C21H19ClN8O3. The first kappa shape index (κ1) is 21.0. The predicted molar refractivity (Wildman–Crippen MR) is 118 cm³/mol. The Labute approximate surface area is 193 Å². The molecule has 5 rings (SSSR count). The van der Waals surface area contributed by atoms with Crippen LogP contribution < -0.4 is 5.32 Å². The van der Waals surface area contributed by atoms with E-state index in [9.17, 15) is 9.90 Å². The van der Waals surface area contributed by atoms with Crippen molar-refractivity contribution in [3.8, 4) is 22.8 Å². The molecule has 12 heteroatoms. The van der Waals surface area contributed by atoms with Crippen LogP contribution in [0.5, 0.6) is 0 Å². The summed E-state index contributed by atoms with van der Waals surface area (Å²) in [4.78, 5) is 27.1. The number of likely N-dealkylation sites (N-methyl/N-ethyl adjacent to an activating group) is 1. The highest BCUT2D eigenvalue weighted by molar-refractivity contribution is 6.29. The van der Waals surface area contributed by atoms with Crippen molar-refractivity contribution >= 4 is 29.3 Å². The number of carbonyl (C=O) groups excluding carboxylic acids is 1. The summed E-state index contributed by atoms with van der Waals surface area (Å²) in [5, 5.41) is 22.3. The Hall–Kier alpha value is -3.83. The van der Waals surface area contributed by atoms with Crippen LogP contribution in [0.3, 0.4) is 0 Å². The number of hydrogen-bond donors (Lipinski definition) is 2.